The molecule has 1 radical (unpaired) electrons. The van der Waals surface area contributed by atoms with Crippen LogP contribution in [0.3, 0.4) is 0 Å². The Morgan fingerprint density at radius 2 is 1.32 bits per heavy atom. The number of furan rings is 2. The van der Waals surface area contributed by atoms with Gasteiger partial charge in [0.2, 0.25) is 7.28 Å². The number of rotatable bonds is 14. The second-order valence-corrected chi connectivity index (χ2v) is 22.9. The molecule has 0 bridgehead atoms. The van der Waals surface area contributed by atoms with Gasteiger partial charge in [0.15, 0.2) is 0 Å². The molecule has 12 rings (SSSR count). The van der Waals surface area contributed by atoms with Crippen LogP contribution in [0.5, 0.6) is 0 Å². The zero-order valence-corrected chi connectivity index (χ0v) is 44.0. The summed E-state index contributed by atoms with van der Waals surface area (Å²) >= 11 is 0. The molecular weight excluding hydrogens is 876 g/mol. The highest BCUT2D eigenvalue weighted by atomic mass is 16.3. The third-order valence-corrected chi connectivity index (χ3v) is 17.0. The number of H-pyrrole nitrogens is 1. The molecule has 10 aromatic rings. The number of aromatic nitrogens is 1. The van der Waals surface area contributed by atoms with E-state index in [-0.39, 0.29) is 10.8 Å². The Hall–Kier alpha value is -6.46. The van der Waals surface area contributed by atoms with Gasteiger partial charge in [-0.05, 0) is 161 Å². The predicted molar refractivity (Wildman–Crippen MR) is 308 cm³/mol. The lowest BCUT2D eigenvalue weighted by Crippen LogP contribution is -2.40. The van der Waals surface area contributed by atoms with E-state index in [1.54, 1.807) is 0 Å². The predicted octanol–water partition coefficient (Wildman–Crippen LogP) is 18.5. The van der Waals surface area contributed by atoms with Crippen molar-refractivity contribution in [1.29, 1.82) is 0 Å². The van der Waals surface area contributed by atoms with Crippen LogP contribution in [-0.2, 0) is 23.7 Å². The van der Waals surface area contributed by atoms with Crippen molar-refractivity contribution in [3.63, 3.8) is 0 Å². The molecule has 3 aromatic heterocycles. The lowest BCUT2D eigenvalue weighted by Gasteiger charge is -2.42. The molecule has 0 amide bonds. The number of unbranched alkanes of at least 4 members (excludes halogenated alkanes) is 4. The molecule has 7 aromatic carbocycles. The number of nitrogens with zero attached hydrogens (tertiary/aromatic N) is 1. The smallest absolute Gasteiger partial charge is 0.247 e. The van der Waals surface area contributed by atoms with Gasteiger partial charge in [-0.25, -0.2) is 0 Å². The van der Waals surface area contributed by atoms with Crippen LogP contribution in [0.25, 0.3) is 77.0 Å². The minimum atomic E-state index is 0.0214. The maximum atomic E-state index is 7.39. The summed E-state index contributed by atoms with van der Waals surface area (Å²) in [7, 11) is 2.39. The van der Waals surface area contributed by atoms with E-state index in [9.17, 15) is 0 Å². The Labute approximate surface area is 427 Å². The van der Waals surface area contributed by atoms with Gasteiger partial charge in [-0.15, -0.1) is 0 Å². The molecule has 0 unspecified atom stereocenters. The Morgan fingerprint density at radius 1 is 0.597 bits per heavy atom. The third kappa shape index (κ3) is 7.80. The highest BCUT2D eigenvalue weighted by Crippen LogP contribution is 2.53. The maximum Gasteiger partial charge on any atom is 0.247 e. The quantitative estimate of drug-likeness (QED) is 0.0873. The van der Waals surface area contributed by atoms with Crippen molar-refractivity contribution in [2.45, 2.75) is 149 Å². The number of fused-ring (bicyclic) bond motifs is 11. The van der Waals surface area contributed by atoms with E-state index in [1.807, 2.05) is 0 Å². The normalized spacial score (nSPS) is 15.4. The molecule has 363 valence electrons. The second kappa shape index (κ2) is 18.2. The number of aromatic amines is 1. The maximum absolute atomic E-state index is 7.39. The molecule has 5 heteroatoms. The molecule has 1 aliphatic heterocycles. The van der Waals surface area contributed by atoms with Crippen LogP contribution in [-0.4, -0.2) is 12.3 Å². The van der Waals surface area contributed by atoms with Crippen molar-refractivity contribution in [3.05, 3.63) is 149 Å². The van der Waals surface area contributed by atoms with Crippen LogP contribution in [0.4, 0.5) is 17.1 Å². The fourth-order valence-corrected chi connectivity index (χ4v) is 12.8. The summed E-state index contributed by atoms with van der Waals surface area (Å²) in [5.41, 5.74) is 22.2. The van der Waals surface area contributed by atoms with E-state index < -0.39 is 0 Å². The minimum absolute atomic E-state index is 0.0214. The number of aryl methyl sites for hydroxylation is 2. The topological polar surface area (TPSA) is 45.3 Å². The molecule has 4 heterocycles. The second-order valence-electron chi connectivity index (χ2n) is 22.9. The lowest BCUT2D eigenvalue weighted by molar-refractivity contribution is 0.332. The average Bonchev–Trinajstić information content (AvgIpc) is 4.07. The number of hydrogen-bond acceptors (Lipinski definition) is 3. The Morgan fingerprint density at radius 3 is 2.08 bits per heavy atom. The lowest BCUT2D eigenvalue weighted by atomic mass is 9.60. The van der Waals surface area contributed by atoms with Gasteiger partial charge < -0.3 is 18.7 Å². The van der Waals surface area contributed by atoms with Crippen LogP contribution >= 0.6 is 0 Å². The highest BCUT2D eigenvalue weighted by molar-refractivity contribution is 6.73. The zero-order chi connectivity index (χ0) is 49.5. The van der Waals surface area contributed by atoms with Gasteiger partial charge in [0.25, 0.3) is 0 Å². The first kappa shape index (κ1) is 46.6. The standard InChI is InChI=1S/C67H70BN2O2/c1-9-12-15-22-42-28-30-54-48(34-42)49-35-43(23-16-13-10-2)36-51(63(49)69-54)61-60-46-26-19-20-27-57(46)71-59(60)40-56-62(61)68-65-64(50-38-52-53(39-58(50)72-65)67(7,8)33-32-66(52,5)6)70(56)55-31-29-45(41(4)21-11-3)37-47(55)44-24-17-14-18-25-44/h14,17-20,24-31,34-41,69H,9-13,15-16,21-23,32-33H2,1-8H3/t41-/m0/s1. The summed E-state index contributed by atoms with van der Waals surface area (Å²) in [6.07, 6.45) is 13.9. The summed E-state index contributed by atoms with van der Waals surface area (Å²) in [6.45, 7) is 19.0. The number of benzene rings is 7. The largest absolute Gasteiger partial charge is 0.469 e. The summed E-state index contributed by atoms with van der Waals surface area (Å²) in [5.74, 6) is 0.424. The van der Waals surface area contributed by atoms with Gasteiger partial charge in [-0.2, -0.15) is 0 Å². The van der Waals surface area contributed by atoms with Crippen molar-refractivity contribution >= 4 is 90.2 Å². The van der Waals surface area contributed by atoms with Crippen LogP contribution in [0, 0.1) is 0 Å². The Balaban J connectivity index is 1.20. The van der Waals surface area contributed by atoms with Gasteiger partial charge in [0.05, 0.1) is 22.6 Å². The van der Waals surface area contributed by atoms with Gasteiger partial charge >= 0.3 is 0 Å². The van der Waals surface area contributed by atoms with Crippen LogP contribution in [0.2, 0.25) is 0 Å². The van der Waals surface area contributed by atoms with Gasteiger partial charge in [-0.1, -0.05) is 148 Å². The van der Waals surface area contributed by atoms with Crippen molar-refractivity contribution in [3.8, 4) is 22.3 Å². The minimum Gasteiger partial charge on any atom is -0.469 e. The first-order chi connectivity index (χ1) is 35.0. The molecular formula is C67H70BN2O2. The van der Waals surface area contributed by atoms with E-state index in [1.165, 1.54) is 104 Å². The highest BCUT2D eigenvalue weighted by Gasteiger charge is 2.41. The fraction of sp³-hybridized carbons (Fsp3) is 0.343. The SMILES string of the molecule is CCCCCc1ccc2[nH]c3c(-c4c5c(cc6oc7ccccc7c46)N(c4ccc([C@@H](C)CCC)cc4-c4ccccc4)c4c(oc6cc7c(cc46)C(C)(C)CCC7(C)C)[B]5)cc(CCCCC)cc3c2c1. The zero-order valence-electron chi connectivity index (χ0n) is 44.0. The molecule has 1 atom stereocenters. The third-order valence-electron chi connectivity index (χ3n) is 17.0. The summed E-state index contributed by atoms with van der Waals surface area (Å²) in [5, 5.41) is 6.00. The van der Waals surface area contributed by atoms with Crippen LogP contribution in [0.15, 0.2) is 130 Å². The first-order valence-corrected chi connectivity index (χ1v) is 27.5. The molecule has 1 aliphatic carbocycles. The van der Waals surface area contributed by atoms with E-state index in [2.05, 4.69) is 194 Å². The van der Waals surface area contributed by atoms with Crippen molar-refractivity contribution in [2.75, 3.05) is 4.90 Å². The molecule has 4 nitrogen and oxygen atoms in total. The number of anilines is 3. The molecule has 1 N–H and O–H groups in total. The van der Waals surface area contributed by atoms with Gasteiger partial charge in [-0.3, -0.25) is 0 Å². The number of hydrogen-bond donors (Lipinski definition) is 1. The van der Waals surface area contributed by atoms with Crippen molar-refractivity contribution < 1.29 is 8.83 Å². The number of nitrogens with one attached hydrogen (secondary N) is 1. The van der Waals surface area contributed by atoms with Crippen molar-refractivity contribution in [2.24, 2.45) is 0 Å². The summed E-state index contributed by atoms with van der Waals surface area (Å²) < 4.78 is 14.5. The molecule has 0 saturated carbocycles. The van der Waals surface area contributed by atoms with E-state index >= 15 is 0 Å². The average molecular weight is 946 g/mol. The molecule has 2 aliphatic rings. The van der Waals surface area contributed by atoms with E-state index in [0.717, 1.165) is 106 Å². The monoisotopic (exact) mass is 946 g/mol. The molecule has 0 spiro atoms. The molecule has 0 saturated heterocycles. The summed E-state index contributed by atoms with van der Waals surface area (Å²) in [6, 6.07) is 46.3. The Bertz CT molecular complexity index is 3690. The Kier molecular flexibility index (Phi) is 11.8. The fourth-order valence-electron chi connectivity index (χ4n) is 12.8. The van der Waals surface area contributed by atoms with Gasteiger partial charge in [0.1, 0.15) is 16.7 Å². The molecule has 0 fully saturated rings. The van der Waals surface area contributed by atoms with Gasteiger partial charge in [0, 0.05) is 55.3 Å². The summed E-state index contributed by atoms with van der Waals surface area (Å²) in [4.78, 5) is 6.61. The first-order valence-electron chi connectivity index (χ1n) is 27.5. The number of para-hydroxylation sites is 1. The van der Waals surface area contributed by atoms with Crippen molar-refractivity contribution in [1.82, 2.24) is 4.98 Å². The molecule has 72 heavy (non-hydrogen) atoms. The van der Waals surface area contributed by atoms with E-state index in [4.69, 9.17) is 8.83 Å². The van der Waals surface area contributed by atoms with Crippen LogP contribution < -0.4 is 16.0 Å². The van der Waals surface area contributed by atoms with E-state index in [0.29, 0.717) is 5.92 Å². The van der Waals surface area contributed by atoms with Crippen LogP contribution in [0.1, 0.15) is 153 Å².